The number of aliphatic hydroxyl groups is 6. The topological polar surface area (TPSA) is 437 Å². The zero-order valence-corrected chi connectivity index (χ0v) is 72.1. The van der Waals surface area contributed by atoms with E-state index >= 15 is 0 Å². The Morgan fingerprint density at radius 2 is 0.854 bits per heavy atom. The van der Waals surface area contributed by atoms with E-state index in [9.17, 15) is 39.4 Å². The van der Waals surface area contributed by atoms with Crippen LogP contribution in [0, 0.1) is 17.8 Å². The first kappa shape index (κ1) is 86.9. The third-order valence-corrected chi connectivity index (χ3v) is 26.3. The lowest BCUT2D eigenvalue weighted by atomic mass is 9.76. The van der Waals surface area contributed by atoms with E-state index < -0.39 is 79.7 Å². The first-order valence-electron chi connectivity index (χ1n) is 43.5. The highest BCUT2D eigenvalue weighted by Crippen LogP contribution is 2.44. The van der Waals surface area contributed by atoms with Gasteiger partial charge in [0, 0.05) is 94.5 Å². The first-order valence-corrected chi connectivity index (χ1v) is 43.5. The zero-order valence-electron chi connectivity index (χ0n) is 72.1. The molecule has 9 aromatic heterocycles. The standard InChI is InChI=1S/C31H43N7O3.C29H37F2N7O4.C29H40N8O3/c1-17(2)38(15-24-26(39)27(40)30(41-24)37-11-10-21-28(32)33-16-34-29(21)37)20-12-18(13-20)6-9-25-35-22-8-7-19(31(3,4)5)14-23(22)36-25;1-15(2)38(13-22-24(39)25(40)28(41-22)37-9-8-19-26(32)33-14-34-27(19)37)17-10-16(11-17)4-7-23-35-20-6-5-18(12-21(20)36-23)42-29(3,30)31;1-5-36(13-21-24(38)25(39)28(40-21)37-15-33-23-26(30)31-14-32-27(23)37)18-10-16(11-18)6-9-22-34-19-8-7-17(29(2,3)4)12-20(19)35-22/h7-8,10-11,14,16-18,20,24,26-27,30,39-40H,6,9,12-13,15H2,1-5H3,(H,35,36)(H2,32,33,34);5-6,8-9,12,14-17,22,24-25,28,39-40H,4,7,10-11,13H2,1-3H3,(H,35,36)(H2,32,33,34);7-8,12,14-16,18,21,24-25,28,38-39H,5-6,9-11,13H2,1-4H3,(H,34,35)(H2,30,31,32)/t18?,20?,24-,26-,27-,30-;16?,17?,22-,24-,25-,28-;16?,18?,21-,24-,25-,28-/m111/s1. The lowest BCUT2D eigenvalue weighted by Crippen LogP contribution is -2.52. The molecule has 6 aliphatic rings. The summed E-state index contributed by atoms with van der Waals surface area (Å²) in [5, 5.41) is 66.7. The number of aliphatic hydroxyl groups excluding tert-OH is 6. The van der Waals surface area contributed by atoms with Gasteiger partial charge in [0.1, 0.15) is 126 Å². The normalized spacial score (nSPS) is 26.9. The van der Waals surface area contributed by atoms with Crippen molar-refractivity contribution in [2.45, 2.75) is 281 Å². The Labute approximate surface area is 712 Å². The third-order valence-electron chi connectivity index (χ3n) is 26.3. The molecule has 0 bridgehead atoms. The molecule has 3 saturated carbocycles. The number of nitrogens with one attached hydrogen (secondary N) is 3. The summed E-state index contributed by atoms with van der Waals surface area (Å²) in [5.74, 6) is 5.82. The van der Waals surface area contributed by atoms with Crippen molar-refractivity contribution < 1.29 is 58.4 Å². The number of hydrogen-bond donors (Lipinski definition) is 12. The smallest absolute Gasteiger partial charge is 0.394 e. The number of anilines is 3. The summed E-state index contributed by atoms with van der Waals surface area (Å²) in [7, 11) is 0. The number of H-pyrrole nitrogens is 3. The summed E-state index contributed by atoms with van der Waals surface area (Å²) in [4.78, 5) is 60.9. The molecule has 15 N–H and O–H groups in total. The van der Waals surface area contributed by atoms with Crippen molar-refractivity contribution in [3.05, 3.63) is 133 Å². The van der Waals surface area contributed by atoms with Crippen LogP contribution in [0.25, 0.3) is 66.3 Å². The highest BCUT2D eigenvalue weighted by Gasteiger charge is 2.50. The van der Waals surface area contributed by atoms with Gasteiger partial charge < -0.3 is 90.9 Å². The molecule has 12 aromatic rings. The molecule has 0 amide bonds. The van der Waals surface area contributed by atoms with Crippen LogP contribution in [0.15, 0.2) is 104 Å². The van der Waals surface area contributed by atoms with Crippen LogP contribution < -0.4 is 21.9 Å². The minimum absolute atomic E-state index is 0.0939. The predicted molar refractivity (Wildman–Crippen MR) is 464 cm³/mol. The van der Waals surface area contributed by atoms with E-state index in [1.807, 2.05) is 6.07 Å². The fourth-order valence-corrected chi connectivity index (χ4v) is 18.9. The van der Waals surface area contributed by atoms with E-state index in [0.29, 0.717) is 124 Å². The second-order valence-corrected chi connectivity index (χ2v) is 37.5. The molecular weight excluding hydrogens is 1580 g/mol. The summed E-state index contributed by atoms with van der Waals surface area (Å²) in [5.41, 5.74) is 28.4. The molecule has 3 aromatic carbocycles. The maximum Gasteiger partial charge on any atom is 0.394 e. The number of nitrogens with two attached hydrogens (primary N) is 3. The Morgan fingerprint density at radius 3 is 1.26 bits per heavy atom. The van der Waals surface area contributed by atoms with E-state index in [1.54, 1.807) is 44.3 Å². The van der Waals surface area contributed by atoms with Gasteiger partial charge in [-0.2, -0.15) is 8.78 Å². The number of nitrogens with zero attached hydrogens (tertiary/aromatic N) is 16. The molecule has 0 radical (unpaired) electrons. The second kappa shape index (κ2) is 35.1. The number of imidazole rings is 4. The Hall–Kier alpha value is -9.56. The minimum atomic E-state index is -3.24. The summed E-state index contributed by atoms with van der Waals surface area (Å²) in [6.07, 6.45) is 7.89. The van der Waals surface area contributed by atoms with E-state index in [1.165, 1.54) is 42.5 Å². The molecule has 34 heteroatoms. The van der Waals surface area contributed by atoms with Crippen LogP contribution in [0.4, 0.5) is 26.2 Å². The molecule has 12 heterocycles. The van der Waals surface area contributed by atoms with Crippen LogP contribution in [-0.4, -0.2) is 241 Å². The van der Waals surface area contributed by atoms with Gasteiger partial charge in [0.25, 0.3) is 0 Å². The fourth-order valence-electron chi connectivity index (χ4n) is 18.9. The molecule has 6 fully saturated rings. The van der Waals surface area contributed by atoms with Crippen molar-refractivity contribution >= 4 is 83.8 Å². The van der Waals surface area contributed by atoms with Crippen molar-refractivity contribution in [1.29, 1.82) is 0 Å². The van der Waals surface area contributed by atoms with Gasteiger partial charge in [-0.05, 0) is 180 Å². The lowest BCUT2D eigenvalue weighted by molar-refractivity contribution is -0.158. The number of aromatic amines is 3. The molecule has 3 aliphatic carbocycles. The van der Waals surface area contributed by atoms with Crippen molar-refractivity contribution in [1.82, 2.24) is 93.2 Å². The van der Waals surface area contributed by atoms with Crippen LogP contribution >= 0.6 is 0 Å². The third kappa shape index (κ3) is 18.5. The Balaban J connectivity index is 0.000000137. The number of benzene rings is 3. The molecule has 0 unspecified atom stereocenters. The van der Waals surface area contributed by atoms with E-state index in [0.717, 1.165) is 123 Å². The molecule has 123 heavy (non-hydrogen) atoms. The SMILES string of the molecule is CC(C)N(C[C@H]1O[C@@H](n2ccc3c(N)ncnc32)[C@H](O)[C@@H]1O)C1CC(CCc2nc3ccc(C(C)(C)C)cc3[nH]2)C1.CC(C)N(C[C@H]1O[C@@H](n2ccc3c(N)ncnc32)[C@H](O)[C@@H]1O)C1CC(CCc2nc3ccc(OC(C)(F)F)cc3[nH]2)C1.CCN(C[C@H]1O[C@@H](n2cnc3c(N)ncnc32)[C@H](O)[C@@H]1O)C1CC(CCc2nc3ccc(C(C)(C)C)cc3[nH]2)C1. The molecule has 0 spiro atoms. The highest BCUT2D eigenvalue weighted by molar-refractivity contribution is 5.87. The number of likely N-dealkylation sites (N-methyl/N-ethyl adjacent to an activating group) is 1. The number of aryl methyl sites for hydroxylation is 3. The maximum atomic E-state index is 13.2. The highest BCUT2D eigenvalue weighted by atomic mass is 19.3. The monoisotopic (exact) mass is 1690 g/mol. The van der Waals surface area contributed by atoms with Gasteiger partial charge >= 0.3 is 6.11 Å². The number of rotatable bonds is 26. The van der Waals surface area contributed by atoms with Gasteiger partial charge in [0.05, 0.1) is 50.2 Å². The van der Waals surface area contributed by atoms with Crippen LogP contribution in [0.2, 0.25) is 0 Å². The number of hydrogen-bond acceptors (Lipinski definition) is 26. The van der Waals surface area contributed by atoms with Crippen LogP contribution in [0.5, 0.6) is 5.75 Å². The average Bonchev–Trinajstić information content (AvgIpc) is 1.63. The largest absolute Gasteiger partial charge is 0.433 e. The summed E-state index contributed by atoms with van der Waals surface area (Å²) >= 11 is 0. The van der Waals surface area contributed by atoms with Gasteiger partial charge in [-0.25, -0.2) is 49.8 Å². The van der Waals surface area contributed by atoms with Gasteiger partial charge in [-0.1, -0.05) is 60.6 Å². The predicted octanol–water partition coefficient (Wildman–Crippen LogP) is 10.5. The summed E-state index contributed by atoms with van der Waals surface area (Å²) in [6.45, 7) is 27.3. The number of fused-ring (bicyclic) bond motifs is 6. The molecule has 32 nitrogen and oxygen atoms in total. The van der Waals surface area contributed by atoms with Crippen LogP contribution in [0.3, 0.4) is 0 Å². The van der Waals surface area contributed by atoms with Crippen molar-refractivity contribution in [3.8, 4) is 5.75 Å². The molecule has 3 aliphatic heterocycles. The lowest BCUT2D eigenvalue weighted by Gasteiger charge is -2.46. The summed E-state index contributed by atoms with van der Waals surface area (Å²) in [6, 6.07) is 23.1. The number of alkyl halides is 2. The number of aromatic nitrogens is 16. The molecule has 660 valence electrons. The molecule has 12 atom stereocenters. The summed E-state index contributed by atoms with van der Waals surface area (Å²) < 4.78 is 54.8. The van der Waals surface area contributed by atoms with Gasteiger partial charge in [-0.3, -0.25) is 19.3 Å². The fraction of sp³-hybridized carbons (Fsp3) is 0.573. The molecular formula is C89H120F2N22O10. The Morgan fingerprint density at radius 1 is 0.472 bits per heavy atom. The Kier molecular flexibility index (Phi) is 24.8. The second-order valence-electron chi connectivity index (χ2n) is 37.5. The number of halogens is 2. The van der Waals surface area contributed by atoms with Gasteiger partial charge in [0.15, 0.2) is 30.1 Å². The number of ether oxygens (including phenoxy) is 4. The van der Waals surface area contributed by atoms with Gasteiger partial charge in [-0.15, -0.1) is 0 Å². The van der Waals surface area contributed by atoms with E-state index in [2.05, 4.69) is 187 Å². The maximum absolute atomic E-state index is 13.2. The van der Waals surface area contributed by atoms with Crippen LogP contribution in [0.1, 0.15) is 188 Å². The minimum Gasteiger partial charge on any atom is -0.433 e. The molecule has 3 saturated heterocycles. The average molecular weight is 1700 g/mol. The van der Waals surface area contributed by atoms with Gasteiger partial charge in [0.2, 0.25) is 0 Å². The van der Waals surface area contributed by atoms with E-state index in [-0.39, 0.29) is 28.4 Å². The number of nitrogen functional groups attached to an aromatic ring is 3. The van der Waals surface area contributed by atoms with E-state index in [4.69, 9.17) is 41.4 Å². The zero-order chi connectivity index (χ0) is 87.0. The van der Waals surface area contributed by atoms with Crippen molar-refractivity contribution in [3.63, 3.8) is 0 Å². The quantitative estimate of drug-likeness (QED) is 0.0240. The van der Waals surface area contributed by atoms with Crippen molar-refractivity contribution in [2.75, 3.05) is 43.4 Å². The van der Waals surface area contributed by atoms with Crippen molar-refractivity contribution in [2.24, 2.45) is 17.8 Å². The Bertz CT molecular complexity index is 5640. The first-order chi connectivity index (χ1) is 58.6. The molecule has 18 rings (SSSR count). The van der Waals surface area contributed by atoms with Crippen LogP contribution in [-0.2, 0) is 44.3 Å².